The first-order chi connectivity index (χ1) is 10.2. The molecule has 22 heavy (non-hydrogen) atoms. The van der Waals surface area contributed by atoms with E-state index in [-0.39, 0.29) is 23.9 Å². The molecule has 4 nitrogen and oxygen atoms in total. The molecule has 1 saturated heterocycles. The van der Waals surface area contributed by atoms with Gasteiger partial charge in [-0.25, -0.2) is 13.8 Å². The lowest BCUT2D eigenvalue weighted by Gasteiger charge is -2.39. The Bertz CT molecular complexity index is 560. The Kier molecular flexibility index (Phi) is 4.74. The molecule has 0 unspecified atom stereocenters. The van der Waals surface area contributed by atoms with Crippen molar-refractivity contribution >= 4 is 23.3 Å². The maximum atomic E-state index is 12.5. The Morgan fingerprint density at radius 3 is 2.59 bits per heavy atom. The molecule has 10 heteroatoms. The van der Waals surface area contributed by atoms with Crippen molar-refractivity contribution in [1.82, 2.24) is 10.3 Å². The number of hydrogen-bond acceptors (Lipinski definition) is 3. The van der Waals surface area contributed by atoms with Crippen LogP contribution in [0.4, 0.5) is 27.8 Å². The van der Waals surface area contributed by atoms with Gasteiger partial charge >= 0.3 is 6.18 Å². The average Bonchev–Trinajstić information content (AvgIpc) is 2.35. The second-order valence-corrected chi connectivity index (χ2v) is 5.17. The maximum Gasteiger partial charge on any atom is 0.417 e. The minimum atomic E-state index is -4.54. The predicted octanol–water partition coefficient (Wildman–Crippen LogP) is 2.57. The molecule has 1 aromatic heterocycles. The Balaban J connectivity index is 1.95. The zero-order valence-corrected chi connectivity index (χ0v) is 11.8. The second kappa shape index (κ2) is 6.23. The summed E-state index contributed by atoms with van der Waals surface area (Å²) >= 11 is 5.77. The number of carbonyl (C=O) groups excluding carboxylic acids is 1. The van der Waals surface area contributed by atoms with E-state index >= 15 is 0 Å². The summed E-state index contributed by atoms with van der Waals surface area (Å²) in [7, 11) is 0. The number of pyridine rings is 1. The van der Waals surface area contributed by atoms with E-state index in [1.807, 2.05) is 0 Å². The van der Waals surface area contributed by atoms with E-state index in [0.29, 0.717) is 6.20 Å². The first-order valence-electron chi connectivity index (χ1n) is 6.22. The smallest absolute Gasteiger partial charge is 0.354 e. The Labute approximate surface area is 127 Å². The molecule has 1 aliphatic heterocycles. The molecule has 1 aromatic rings. The number of nitrogens with zero attached hydrogens (tertiary/aromatic N) is 2. The minimum absolute atomic E-state index is 0.132. The number of nitrogens with one attached hydrogen (secondary N) is 1. The van der Waals surface area contributed by atoms with Gasteiger partial charge in [-0.3, -0.25) is 4.79 Å². The van der Waals surface area contributed by atoms with Crippen LogP contribution in [0.2, 0.25) is 5.02 Å². The van der Waals surface area contributed by atoms with E-state index in [1.54, 1.807) is 0 Å². The SMILES string of the molecule is O=C(NCC(F)F)C1CN(c2ncc(C(F)(F)F)cc2Cl)C1. The molecular weight excluding hydrogens is 333 g/mol. The van der Waals surface area contributed by atoms with Gasteiger partial charge in [0.15, 0.2) is 0 Å². The van der Waals surface area contributed by atoms with Crippen molar-refractivity contribution in [3.63, 3.8) is 0 Å². The van der Waals surface area contributed by atoms with E-state index in [4.69, 9.17) is 11.6 Å². The van der Waals surface area contributed by atoms with Crippen LogP contribution in [0.3, 0.4) is 0 Å². The van der Waals surface area contributed by atoms with Gasteiger partial charge < -0.3 is 10.2 Å². The Morgan fingerprint density at radius 2 is 2.09 bits per heavy atom. The fourth-order valence-electron chi connectivity index (χ4n) is 1.96. The van der Waals surface area contributed by atoms with Crippen molar-refractivity contribution in [2.75, 3.05) is 24.5 Å². The summed E-state index contributed by atoms with van der Waals surface area (Å²) < 4.78 is 61.4. The highest BCUT2D eigenvalue weighted by molar-refractivity contribution is 6.33. The van der Waals surface area contributed by atoms with Crippen LogP contribution >= 0.6 is 11.6 Å². The van der Waals surface area contributed by atoms with Crippen molar-refractivity contribution in [3.8, 4) is 0 Å². The van der Waals surface area contributed by atoms with Crippen LogP contribution in [-0.4, -0.2) is 37.0 Å². The zero-order chi connectivity index (χ0) is 16.5. The second-order valence-electron chi connectivity index (χ2n) is 4.77. The summed E-state index contributed by atoms with van der Waals surface area (Å²) in [6.07, 6.45) is -6.51. The molecule has 0 saturated carbocycles. The number of carbonyl (C=O) groups is 1. The molecule has 2 heterocycles. The quantitative estimate of drug-likeness (QED) is 0.855. The van der Waals surface area contributed by atoms with Crippen LogP contribution < -0.4 is 10.2 Å². The number of aromatic nitrogens is 1. The molecule has 0 radical (unpaired) electrons. The van der Waals surface area contributed by atoms with Crippen molar-refractivity contribution in [2.45, 2.75) is 12.6 Å². The number of hydrogen-bond donors (Lipinski definition) is 1. The Morgan fingerprint density at radius 1 is 1.45 bits per heavy atom. The highest BCUT2D eigenvalue weighted by atomic mass is 35.5. The van der Waals surface area contributed by atoms with Gasteiger partial charge in [0.05, 0.1) is 23.0 Å². The topological polar surface area (TPSA) is 45.2 Å². The summed E-state index contributed by atoms with van der Waals surface area (Å²) in [5.41, 5.74) is -0.965. The van der Waals surface area contributed by atoms with Gasteiger partial charge in [0.2, 0.25) is 5.91 Å². The van der Waals surface area contributed by atoms with Gasteiger partial charge in [-0.05, 0) is 6.07 Å². The molecule has 0 atom stereocenters. The third kappa shape index (κ3) is 3.76. The van der Waals surface area contributed by atoms with Crippen LogP contribution in [0, 0.1) is 5.92 Å². The van der Waals surface area contributed by atoms with Crippen LogP contribution in [0.1, 0.15) is 5.56 Å². The van der Waals surface area contributed by atoms with Crippen molar-refractivity contribution in [2.24, 2.45) is 5.92 Å². The highest BCUT2D eigenvalue weighted by Gasteiger charge is 2.36. The molecule has 0 spiro atoms. The lowest BCUT2D eigenvalue weighted by atomic mass is 9.99. The average molecular weight is 344 g/mol. The normalized spacial score (nSPS) is 15.9. The molecule has 0 aliphatic carbocycles. The van der Waals surface area contributed by atoms with Crippen LogP contribution in [-0.2, 0) is 11.0 Å². The lowest BCUT2D eigenvalue weighted by Crippen LogP contribution is -2.54. The number of alkyl halides is 5. The van der Waals surface area contributed by atoms with Crippen LogP contribution in [0.5, 0.6) is 0 Å². The van der Waals surface area contributed by atoms with Crippen LogP contribution in [0.25, 0.3) is 0 Å². The summed E-state index contributed by atoms with van der Waals surface area (Å²) in [5, 5.41) is 1.90. The first-order valence-corrected chi connectivity index (χ1v) is 6.60. The molecule has 1 aliphatic rings. The van der Waals surface area contributed by atoms with E-state index in [9.17, 15) is 26.7 Å². The standard InChI is InChI=1S/C12H11ClF5N3O/c13-8-1-7(12(16,17)18)2-19-10(8)21-4-6(5-21)11(22)20-3-9(14)15/h1-2,6,9H,3-5H2,(H,20,22). The molecule has 2 rings (SSSR count). The summed E-state index contributed by atoms with van der Waals surface area (Å²) in [6, 6.07) is 0.758. The van der Waals surface area contributed by atoms with E-state index in [2.05, 4.69) is 10.3 Å². The molecule has 0 bridgehead atoms. The Hall–Kier alpha value is -1.64. The maximum absolute atomic E-state index is 12.5. The van der Waals surface area contributed by atoms with Gasteiger partial charge in [-0.1, -0.05) is 11.6 Å². The molecule has 122 valence electrons. The summed E-state index contributed by atoms with van der Waals surface area (Å²) in [6.45, 7) is -0.408. The van der Waals surface area contributed by atoms with Gasteiger partial charge in [-0.2, -0.15) is 13.2 Å². The molecule has 0 aromatic carbocycles. The number of anilines is 1. The number of halogens is 6. The highest BCUT2D eigenvalue weighted by Crippen LogP contribution is 2.35. The largest absolute Gasteiger partial charge is 0.417 e. The number of rotatable bonds is 4. The van der Waals surface area contributed by atoms with Crippen molar-refractivity contribution < 1.29 is 26.7 Å². The molecular formula is C12H11ClF5N3O. The fraction of sp³-hybridized carbons (Fsp3) is 0.500. The monoisotopic (exact) mass is 343 g/mol. The van der Waals surface area contributed by atoms with Gasteiger partial charge in [-0.15, -0.1) is 0 Å². The summed E-state index contributed by atoms with van der Waals surface area (Å²) in [4.78, 5) is 16.7. The molecule has 1 fully saturated rings. The van der Waals surface area contributed by atoms with E-state index in [1.165, 1.54) is 4.90 Å². The predicted molar refractivity (Wildman–Crippen MR) is 69.0 cm³/mol. The van der Waals surface area contributed by atoms with Gasteiger partial charge in [0, 0.05) is 19.3 Å². The van der Waals surface area contributed by atoms with Crippen molar-refractivity contribution in [3.05, 3.63) is 22.8 Å². The minimum Gasteiger partial charge on any atom is -0.354 e. The van der Waals surface area contributed by atoms with Crippen molar-refractivity contribution in [1.29, 1.82) is 0 Å². The van der Waals surface area contributed by atoms with Gasteiger partial charge in [0.25, 0.3) is 6.43 Å². The fourth-order valence-corrected chi connectivity index (χ4v) is 2.24. The number of amides is 1. The lowest BCUT2D eigenvalue weighted by molar-refractivity contribution is -0.137. The third-order valence-corrected chi connectivity index (χ3v) is 3.41. The zero-order valence-electron chi connectivity index (χ0n) is 11.0. The first kappa shape index (κ1) is 16.7. The molecule has 1 amide bonds. The van der Waals surface area contributed by atoms with E-state index in [0.717, 1.165) is 6.07 Å². The van der Waals surface area contributed by atoms with E-state index < -0.39 is 36.5 Å². The summed E-state index contributed by atoms with van der Waals surface area (Å²) in [5.74, 6) is -0.911. The van der Waals surface area contributed by atoms with Crippen LogP contribution in [0.15, 0.2) is 12.3 Å². The van der Waals surface area contributed by atoms with Gasteiger partial charge in [0.1, 0.15) is 5.82 Å². The third-order valence-electron chi connectivity index (χ3n) is 3.13. The molecule has 1 N–H and O–H groups in total.